The molecule has 4 heteroatoms. The van der Waals surface area contributed by atoms with Crippen molar-refractivity contribution in [3.8, 4) is 11.5 Å². The predicted octanol–water partition coefficient (Wildman–Crippen LogP) is 2.72. The lowest BCUT2D eigenvalue weighted by Gasteiger charge is -2.28. The molecule has 0 bridgehead atoms. The number of phenols is 1. The number of likely N-dealkylation sites (N-methyl/N-ethyl adjacent to an activating group) is 1. The van der Waals surface area contributed by atoms with E-state index in [-0.39, 0.29) is 5.75 Å². The summed E-state index contributed by atoms with van der Waals surface area (Å²) in [6.07, 6.45) is 2.35. The van der Waals surface area contributed by atoms with Crippen LogP contribution in [0.1, 0.15) is 31.9 Å². The van der Waals surface area contributed by atoms with Gasteiger partial charge in [-0.05, 0) is 38.4 Å². The molecule has 1 aromatic rings. The molecule has 0 saturated carbocycles. The zero-order valence-electron chi connectivity index (χ0n) is 13.5. The molecule has 0 spiro atoms. The number of rotatable bonds is 8. The predicted molar refractivity (Wildman–Crippen MR) is 85.8 cm³/mol. The van der Waals surface area contributed by atoms with Crippen molar-refractivity contribution in [3.63, 3.8) is 0 Å². The quantitative estimate of drug-likeness (QED) is 0.724. The lowest BCUT2D eigenvalue weighted by atomic mass is 10.0. The second-order valence-corrected chi connectivity index (χ2v) is 5.91. The van der Waals surface area contributed by atoms with Crippen LogP contribution in [0, 0.1) is 0 Å². The zero-order chi connectivity index (χ0) is 16.0. The Hall–Kier alpha value is -1.52. The first-order chi connectivity index (χ1) is 9.80. The van der Waals surface area contributed by atoms with Crippen LogP contribution in [0.15, 0.2) is 24.8 Å². The van der Waals surface area contributed by atoms with E-state index in [1.165, 1.54) is 0 Å². The highest BCUT2D eigenvalue weighted by atomic mass is 16.5. The third-order valence-corrected chi connectivity index (χ3v) is 3.26. The molecule has 0 aliphatic heterocycles. The van der Waals surface area contributed by atoms with Gasteiger partial charge in [0.2, 0.25) is 0 Å². The van der Waals surface area contributed by atoms with E-state index in [1.54, 1.807) is 27.0 Å². The van der Waals surface area contributed by atoms with Gasteiger partial charge in [0.15, 0.2) is 11.5 Å². The third-order valence-electron chi connectivity index (χ3n) is 3.26. The number of allylic oxidation sites excluding steroid dienone is 1. The fraction of sp³-hybridized carbons (Fsp3) is 0.529. The fourth-order valence-corrected chi connectivity index (χ4v) is 2.37. The van der Waals surface area contributed by atoms with Crippen LogP contribution in [0.4, 0.5) is 0 Å². The van der Waals surface area contributed by atoms with Crippen LogP contribution < -0.4 is 4.74 Å². The molecule has 0 aromatic heterocycles. The minimum absolute atomic E-state index is 0.173. The number of benzene rings is 1. The van der Waals surface area contributed by atoms with Gasteiger partial charge < -0.3 is 14.9 Å². The number of hydrogen-bond donors (Lipinski definition) is 2. The molecule has 0 amide bonds. The lowest BCUT2D eigenvalue weighted by Crippen LogP contribution is -2.38. The molecular weight excluding hydrogens is 266 g/mol. The van der Waals surface area contributed by atoms with E-state index < -0.39 is 5.60 Å². The van der Waals surface area contributed by atoms with Crippen LogP contribution in [-0.4, -0.2) is 40.9 Å². The van der Waals surface area contributed by atoms with Gasteiger partial charge in [0.1, 0.15) is 0 Å². The van der Waals surface area contributed by atoms with Gasteiger partial charge in [0.25, 0.3) is 0 Å². The van der Waals surface area contributed by atoms with Crippen LogP contribution in [0.25, 0.3) is 0 Å². The Bertz CT molecular complexity index is 478. The molecule has 0 fully saturated rings. The zero-order valence-corrected chi connectivity index (χ0v) is 13.5. The van der Waals surface area contributed by atoms with Crippen LogP contribution in [0.2, 0.25) is 0 Å². The van der Waals surface area contributed by atoms with Gasteiger partial charge in [0, 0.05) is 18.7 Å². The summed E-state index contributed by atoms with van der Waals surface area (Å²) in [7, 11) is 1.55. The molecule has 118 valence electrons. The lowest BCUT2D eigenvalue weighted by molar-refractivity contribution is 0.0353. The van der Waals surface area contributed by atoms with Crippen LogP contribution in [0.3, 0.4) is 0 Å². The third kappa shape index (κ3) is 5.40. The second-order valence-electron chi connectivity index (χ2n) is 5.91. The maximum absolute atomic E-state index is 10.1. The van der Waals surface area contributed by atoms with E-state index in [2.05, 4.69) is 18.4 Å². The molecule has 0 aliphatic carbocycles. The summed E-state index contributed by atoms with van der Waals surface area (Å²) in [5, 5.41) is 20.1. The number of phenolic OH excluding ortho intramolecular Hbond substituents is 1. The van der Waals surface area contributed by atoms with Gasteiger partial charge in [0.05, 0.1) is 12.7 Å². The molecule has 1 aromatic carbocycles. The van der Waals surface area contributed by atoms with E-state index in [0.717, 1.165) is 17.7 Å². The second kappa shape index (κ2) is 7.48. The monoisotopic (exact) mass is 293 g/mol. The number of nitrogens with zero attached hydrogens (tertiary/aromatic N) is 1. The van der Waals surface area contributed by atoms with Gasteiger partial charge in [-0.3, -0.25) is 4.90 Å². The molecular formula is C17H27NO3. The van der Waals surface area contributed by atoms with Crippen molar-refractivity contribution in [2.45, 2.75) is 39.3 Å². The molecule has 21 heavy (non-hydrogen) atoms. The summed E-state index contributed by atoms with van der Waals surface area (Å²) in [5.41, 5.74) is 1.12. The minimum Gasteiger partial charge on any atom is -0.504 e. The Morgan fingerprint density at radius 1 is 1.38 bits per heavy atom. The Balaban J connectivity index is 3.00. The number of methoxy groups -OCH3 is 1. The first kappa shape index (κ1) is 17.5. The van der Waals surface area contributed by atoms with Gasteiger partial charge in [-0.1, -0.05) is 19.1 Å². The summed E-state index contributed by atoms with van der Waals surface area (Å²) < 4.78 is 5.24. The molecule has 0 unspecified atom stereocenters. The van der Waals surface area contributed by atoms with E-state index in [4.69, 9.17) is 4.74 Å². The highest BCUT2D eigenvalue weighted by Gasteiger charge is 2.18. The van der Waals surface area contributed by atoms with E-state index in [0.29, 0.717) is 25.3 Å². The van der Waals surface area contributed by atoms with Crippen molar-refractivity contribution >= 4 is 0 Å². The number of ether oxygens (including phenoxy) is 1. The SMILES string of the molecule is C=CCc1cc(CN(CC)CC(C)(C)O)cc(OC)c1O. The minimum atomic E-state index is -0.735. The van der Waals surface area contributed by atoms with Gasteiger partial charge in [-0.25, -0.2) is 0 Å². The maximum atomic E-state index is 10.1. The highest BCUT2D eigenvalue weighted by molar-refractivity contribution is 5.49. The smallest absolute Gasteiger partial charge is 0.161 e. The van der Waals surface area contributed by atoms with Crippen molar-refractivity contribution in [2.24, 2.45) is 0 Å². The highest BCUT2D eigenvalue weighted by Crippen LogP contribution is 2.32. The van der Waals surface area contributed by atoms with Crippen LogP contribution in [-0.2, 0) is 13.0 Å². The first-order valence-corrected chi connectivity index (χ1v) is 7.25. The van der Waals surface area contributed by atoms with Crippen LogP contribution in [0.5, 0.6) is 11.5 Å². The number of aromatic hydroxyl groups is 1. The Labute approximate surface area is 127 Å². The average molecular weight is 293 g/mol. The number of hydrogen-bond acceptors (Lipinski definition) is 4. The largest absolute Gasteiger partial charge is 0.504 e. The van der Waals surface area contributed by atoms with Crippen molar-refractivity contribution in [3.05, 3.63) is 35.9 Å². The molecule has 4 nitrogen and oxygen atoms in total. The molecule has 1 rings (SSSR count). The summed E-state index contributed by atoms with van der Waals surface area (Å²) in [6.45, 7) is 11.5. The average Bonchev–Trinajstić information content (AvgIpc) is 2.40. The standard InChI is InChI=1S/C17H27NO3/c1-6-8-14-9-13(10-15(21-5)16(14)19)11-18(7-2)12-17(3,4)20/h6,9-10,19-20H,1,7-8,11-12H2,2-5H3. The molecule has 0 atom stereocenters. The van der Waals surface area contributed by atoms with Crippen LogP contribution >= 0.6 is 0 Å². The van der Waals surface area contributed by atoms with Crippen molar-refractivity contribution in [1.29, 1.82) is 0 Å². The molecule has 0 aliphatic rings. The Morgan fingerprint density at radius 2 is 2.05 bits per heavy atom. The van der Waals surface area contributed by atoms with E-state index in [1.807, 2.05) is 12.1 Å². The number of aliphatic hydroxyl groups is 1. The topological polar surface area (TPSA) is 52.9 Å². The molecule has 0 heterocycles. The first-order valence-electron chi connectivity index (χ1n) is 7.25. The molecule has 2 N–H and O–H groups in total. The van der Waals surface area contributed by atoms with Gasteiger partial charge in [-0.15, -0.1) is 6.58 Å². The maximum Gasteiger partial charge on any atom is 0.161 e. The van der Waals surface area contributed by atoms with Gasteiger partial charge >= 0.3 is 0 Å². The van der Waals surface area contributed by atoms with E-state index in [9.17, 15) is 10.2 Å². The summed E-state index contributed by atoms with van der Waals surface area (Å²) in [5.74, 6) is 0.648. The van der Waals surface area contributed by atoms with E-state index >= 15 is 0 Å². The summed E-state index contributed by atoms with van der Waals surface area (Å²) in [4.78, 5) is 2.16. The Kier molecular flexibility index (Phi) is 6.24. The van der Waals surface area contributed by atoms with Crippen molar-refractivity contribution < 1.29 is 14.9 Å². The van der Waals surface area contributed by atoms with Crippen molar-refractivity contribution in [2.75, 3.05) is 20.2 Å². The van der Waals surface area contributed by atoms with Gasteiger partial charge in [-0.2, -0.15) is 0 Å². The molecule has 0 radical (unpaired) electrons. The van der Waals surface area contributed by atoms with Crippen molar-refractivity contribution in [1.82, 2.24) is 4.90 Å². The Morgan fingerprint density at radius 3 is 2.52 bits per heavy atom. The normalized spacial score (nSPS) is 11.7. The summed E-state index contributed by atoms with van der Waals surface area (Å²) in [6, 6.07) is 3.81. The molecule has 0 saturated heterocycles. The summed E-state index contributed by atoms with van der Waals surface area (Å²) >= 11 is 0. The fourth-order valence-electron chi connectivity index (χ4n) is 2.37.